The fourth-order valence-electron chi connectivity index (χ4n) is 3.68. The van der Waals surface area contributed by atoms with Crippen LogP contribution in [0.1, 0.15) is 37.8 Å². The summed E-state index contributed by atoms with van der Waals surface area (Å²) in [5.41, 5.74) is 4.44. The summed E-state index contributed by atoms with van der Waals surface area (Å²) in [6.07, 6.45) is 4.21. The van der Waals surface area contributed by atoms with Crippen molar-refractivity contribution < 1.29 is 4.74 Å². The molecule has 0 aliphatic rings. The van der Waals surface area contributed by atoms with E-state index in [1.807, 2.05) is 30.3 Å². The topological polar surface area (TPSA) is 35.0 Å². The number of aromatic nitrogens is 2. The van der Waals surface area contributed by atoms with Crippen LogP contribution in [0.2, 0.25) is 0 Å². The predicted octanol–water partition coefficient (Wildman–Crippen LogP) is 6.99. The molecule has 3 nitrogen and oxygen atoms in total. The Labute approximate surface area is 172 Å². The maximum absolute atomic E-state index is 6.38. The number of hydrogen-bond acceptors (Lipinski definition) is 3. The van der Waals surface area contributed by atoms with Gasteiger partial charge in [0.05, 0.1) is 0 Å². The molecular formula is C26H26N2O. The highest BCUT2D eigenvalue weighted by atomic mass is 16.5. The maximum Gasteiger partial charge on any atom is 0.246 e. The zero-order valence-electron chi connectivity index (χ0n) is 17.1. The zero-order valence-corrected chi connectivity index (χ0v) is 17.1. The molecule has 0 N–H and O–H groups in total. The molecule has 4 aromatic rings. The molecule has 0 spiro atoms. The first-order chi connectivity index (χ1) is 14.3. The van der Waals surface area contributed by atoms with Crippen LogP contribution in [-0.4, -0.2) is 10.2 Å². The molecule has 0 unspecified atom stereocenters. The number of hydrogen-bond donors (Lipinski definition) is 0. The van der Waals surface area contributed by atoms with Gasteiger partial charge in [-0.25, -0.2) is 0 Å². The second kappa shape index (κ2) is 8.87. The normalized spacial score (nSPS) is 11.0. The molecule has 1 heterocycles. The first-order valence-electron chi connectivity index (χ1n) is 10.4. The SMILES string of the molecule is CCCc1ccc(CCC)c(Oc2nnc(-c3ccccc3)c3ccccc23)c1. The third-order valence-corrected chi connectivity index (χ3v) is 5.10. The van der Waals surface area contributed by atoms with Crippen molar-refractivity contribution >= 4 is 10.8 Å². The van der Waals surface area contributed by atoms with Crippen molar-refractivity contribution in [2.75, 3.05) is 0 Å². The Balaban J connectivity index is 1.79. The highest BCUT2D eigenvalue weighted by Crippen LogP contribution is 2.34. The van der Waals surface area contributed by atoms with Crippen LogP contribution in [0, 0.1) is 0 Å². The number of benzene rings is 3. The predicted molar refractivity (Wildman–Crippen MR) is 119 cm³/mol. The minimum absolute atomic E-state index is 0.561. The Hall–Kier alpha value is -3.20. The van der Waals surface area contributed by atoms with Crippen LogP contribution in [0.25, 0.3) is 22.0 Å². The lowest BCUT2D eigenvalue weighted by Crippen LogP contribution is -1.99. The highest BCUT2D eigenvalue weighted by molar-refractivity contribution is 5.97. The lowest BCUT2D eigenvalue weighted by atomic mass is 10.0. The molecule has 1 aromatic heterocycles. The molecule has 0 radical (unpaired) electrons. The van der Waals surface area contributed by atoms with E-state index in [9.17, 15) is 0 Å². The van der Waals surface area contributed by atoms with Crippen LogP contribution >= 0.6 is 0 Å². The van der Waals surface area contributed by atoms with Crippen LogP contribution in [0.5, 0.6) is 11.6 Å². The van der Waals surface area contributed by atoms with Gasteiger partial charge in [0.15, 0.2) is 0 Å². The summed E-state index contributed by atoms with van der Waals surface area (Å²) >= 11 is 0. The van der Waals surface area contributed by atoms with Crippen molar-refractivity contribution in [1.29, 1.82) is 0 Å². The van der Waals surface area contributed by atoms with E-state index in [1.54, 1.807) is 0 Å². The van der Waals surface area contributed by atoms with E-state index in [0.29, 0.717) is 5.88 Å². The molecule has 29 heavy (non-hydrogen) atoms. The Kier molecular flexibility index (Phi) is 5.85. The summed E-state index contributed by atoms with van der Waals surface area (Å²) in [7, 11) is 0. The van der Waals surface area contributed by atoms with Gasteiger partial charge in [-0.3, -0.25) is 0 Å². The van der Waals surface area contributed by atoms with Gasteiger partial charge < -0.3 is 4.74 Å². The van der Waals surface area contributed by atoms with E-state index in [4.69, 9.17) is 4.74 Å². The van der Waals surface area contributed by atoms with Crippen LogP contribution in [-0.2, 0) is 12.8 Å². The molecule has 0 bridgehead atoms. The Morgan fingerprint density at radius 1 is 0.724 bits per heavy atom. The van der Waals surface area contributed by atoms with Crippen molar-refractivity contribution in [3.8, 4) is 22.9 Å². The fraction of sp³-hybridized carbons (Fsp3) is 0.231. The number of rotatable bonds is 7. The van der Waals surface area contributed by atoms with Crippen LogP contribution in [0.15, 0.2) is 72.8 Å². The van der Waals surface area contributed by atoms with Gasteiger partial charge in [-0.05, 0) is 36.1 Å². The first kappa shape index (κ1) is 19.1. The average molecular weight is 383 g/mol. The van der Waals surface area contributed by atoms with Gasteiger partial charge in [0, 0.05) is 16.3 Å². The van der Waals surface area contributed by atoms with Gasteiger partial charge in [0.2, 0.25) is 5.88 Å². The molecule has 3 aromatic carbocycles. The maximum atomic E-state index is 6.38. The second-order valence-corrected chi connectivity index (χ2v) is 7.31. The van der Waals surface area contributed by atoms with E-state index in [0.717, 1.165) is 53.5 Å². The van der Waals surface area contributed by atoms with Gasteiger partial charge in [-0.2, -0.15) is 0 Å². The molecular weight excluding hydrogens is 356 g/mol. The molecule has 0 aliphatic carbocycles. The Morgan fingerprint density at radius 3 is 2.21 bits per heavy atom. The van der Waals surface area contributed by atoms with Crippen molar-refractivity contribution in [3.63, 3.8) is 0 Å². The molecule has 0 fully saturated rings. The smallest absolute Gasteiger partial charge is 0.246 e. The van der Waals surface area contributed by atoms with Gasteiger partial charge in [0.1, 0.15) is 11.4 Å². The van der Waals surface area contributed by atoms with Crippen LogP contribution < -0.4 is 4.74 Å². The molecule has 0 atom stereocenters. The lowest BCUT2D eigenvalue weighted by molar-refractivity contribution is 0.455. The Morgan fingerprint density at radius 2 is 1.45 bits per heavy atom. The van der Waals surface area contributed by atoms with E-state index < -0.39 is 0 Å². The molecule has 0 aliphatic heterocycles. The quantitative estimate of drug-likeness (QED) is 0.345. The number of fused-ring (bicyclic) bond motifs is 1. The third-order valence-electron chi connectivity index (χ3n) is 5.10. The van der Waals surface area contributed by atoms with Gasteiger partial charge in [-0.1, -0.05) is 87.4 Å². The first-order valence-corrected chi connectivity index (χ1v) is 10.4. The monoisotopic (exact) mass is 382 g/mol. The van der Waals surface area contributed by atoms with Crippen LogP contribution in [0.3, 0.4) is 0 Å². The third kappa shape index (κ3) is 4.14. The van der Waals surface area contributed by atoms with Crippen molar-refractivity contribution in [2.45, 2.75) is 39.5 Å². The average Bonchev–Trinajstić information content (AvgIpc) is 2.77. The summed E-state index contributed by atoms with van der Waals surface area (Å²) in [4.78, 5) is 0. The molecule has 3 heteroatoms. The molecule has 0 saturated carbocycles. The summed E-state index contributed by atoms with van der Waals surface area (Å²) in [6, 6.07) is 24.9. The summed E-state index contributed by atoms with van der Waals surface area (Å²) < 4.78 is 6.38. The zero-order chi connectivity index (χ0) is 20.1. The van der Waals surface area contributed by atoms with Gasteiger partial charge in [0.25, 0.3) is 0 Å². The van der Waals surface area contributed by atoms with E-state index in [-0.39, 0.29) is 0 Å². The fourth-order valence-corrected chi connectivity index (χ4v) is 3.68. The van der Waals surface area contributed by atoms with Crippen LogP contribution in [0.4, 0.5) is 0 Å². The molecule has 4 rings (SSSR count). The molecule has 146 valence electrons. The number of nitrogens with zero attached hydrogens (tertiary/aromatic N) is 2. The molecule has 0 amide bonds. The summed E-state index contributed by atoms with van der Waals surface area (Å²) in [5.74, 6) is 1.45. The standard InChI is InChI=1S/C26H26N2O/c1-3-10-19-16-17-20(11-4-2)24(18-19)29-26-23-15-9-8-14-22(23)25(27-28-26)21-12-6-5-7-13-21/h5-9,12-18H,3-4,10-11H2,1-2H3. The van der Waals surface area contributed by atoms with E-state index >= 15 is 0 Å². The van der Waals surface area contributed by atoms with E-state index in [1.165, 1.54) is 11.1 Å². The van der Waals surface area contributed by atoms with Crippen molar-refractivity contribution in [1.82, 2.24) is 10.2 Å². The Bertz CT molecular complexity index is 1110. The number of aryl methyl sites for hydroxylation is 2. The van der Waals surface area contributed by atoms with Gasteiger partial charge in [-0.15, -0.1) is 10.2 Å². The van der Waals surface area contributed by atoms with Crippen molar-refractivity contribution in [3.05, 3.63) is 83.9 Å². The molecule has 0 saturated heterocycles. The lowest BCUT2D eigenvalue weighted by Gasteiger charge is -2.14. The largest absolute Gasteiger partial charge is 0.437 e. The summed E-state index contributed by atoms with van der Waals surface area (Å²) in [6.45, 7) is 4.38. The second-order valence-electron chi connectivity index (χ2n) is 7.31. The minimum atomic E-state index is 0.561. The van der Waals surface area contributed by atoms with E-state index in [2.05, 4.69) is 66.5 Å². The highest BCUT2D eigenvalue weighted by Gasteiger charge is 2.14. The van der Waals surface area contributed by atoms with Crippen molar-refractivity contribution in [2.24, 2.45) is 0 Å². The summed E-state index contributed by atoms with van der Waals surface area (Å²) in [5, 5.41) is 11.0. The van der Waals surface area contributed by atoms with Gasteiger partial charge >= 0.3 is 0 Å². The minimum Gasteiger partial charge on any atom is -0.437 e. The number of ether oxygens (including phenoxy) is 1.